The number of aryl methyl sites for hydroxylation is 1. The standard InChI is InChI=1S/C26H24N4O5/c1-3-4-13-22(25(32)33)27-24(31)20-14-30(2)29-23(20)28-26(34)35-15-21-18-11-7-5-9-16(18)17-10-6-8-12-19(17)21/h5-12,14,21-22H,13,15H2,1-2H3,(H,27,31)(H,32,33)(H,28,29,34). The summed E-state index contributed by atoms with van der Waals surface area (Å²) >= 11 is 0. The van der Waals surface area contributed by atoms with Crippen LogP contribution in [0.15, 0.2) is 54.7 Å². The van der Waals surface area contributed by atoms with Gasteiger partial charge in [0.25, 0.3) is 5.91 Å². The van der Waals surface area contributed by atoms with E-state index in [9.17, 15) is 19.5 Å². The van der Waals surface area contributed by atoms with Crippen molar-refractivity contribution >= 4 is 23.8 Å². The molecular weight excluding hydrogens is 448 g/mol. The number of anilines is 1. The second-order valence-electron chi connectivity index (χ2n) is 8.01. The first-order valence-corrected chi connectivity index (χ1v) is 11.0. The molecular formula is C26H24N4O5. The van der Waals surface area contributed by atoms with Crippen LogP contribution in [0.2, 0.25) is 0 Å². The normalized spacial score (nSPS) is 12.5. The quantitative estimate of drug-likeness (QED) is 0.453. The van der Waals surface area contributed by atoms with Crippen LogP contribution in [0, 0.1) is 11.8 Å². The van der Waals surface area contributed by atoms with Crippen molar-refractivity contribution in [2.45, 2.75) is 25.3 Å². The van der Waals surface area contributed by atoms with Gasteiger partial charge in [-0.05, 0) is 29.2 Å². The van der Waals surface area contributed by atoms with Gasteiger partial charge in [0.15, 0.2) is 5.82 Å². The molecule has 0 saturated heterocycles. The van der Waals surface area contributed by atoms with Crippen LogP contribution >= 0.6 is 0 Å². The van der Waals surface area contributed by atoms with E-state index in [1.807, 2.05) is 48.5 Å². The number of nitrogens with one attached hydrogen (secondary N) is 2. The van der Waals surface area contributed by atoms with Gasteiger partial charge in [0, 0.05) is 25.6 Å². The van der Waals surface area contributed by atoms with Crippen LogP contribution in [-0.2, 0) is 16.6 Å². The van der Waals surface area contributed by atoms with E-state index in [1.54, 1.807) is 14.0 Å². The third kappa shape index (κ3) is 5.01. The van der Waals surface area contributed by atoms with Gasteiger partial charge in [-0.3, -0.25) is 14.8 Å². The zero-order valence-corrected chi connectivity index (χ0v) is 19.2. The Balaban J connectivity index is 1.45. The molecule has 35 heavy (non-hydrogen) atoms. The largest absolute Gasteiger partial charge is 0.480 e. The Kier molecular flexibility index (Phi) is 6.83. The highest BCUT2D eigenvalue weighted by atomic mass is 16.5. The summed E-state index contributed by atoms with van der Waals surface area (Å²) in [7, 11) is 1.58. The van der Waals surface area contributed by atoms with Gasteiger partial charge in [0.05, 0.1) is 0 Å². The number of rotatable bonds is 7. The molecule has 1 aromatic heterocycles. The smallest absolute Gasteiger partial charge is 0.412 e. The molecule has 9 heteroatoms. The molecule has 3 N–H and O–H groups in total. The maximum absolute atomic E-state index is 12.7. The second-order valence-corrected chi connectivity index (χ2v) is 8.01. The third-order valence-electron chi connectivity index (χ3n) is 5.72. The lowest BCUT2D eigenvalue weighted by Crippen LogP contribution is -2.40. The number of amides is 2. The number of carboxylic acid groups (broad SMARTS) is 1. The highest BCUT2D eigenvalue weighted by Gasteiger charge is 2.29. The van der Waals surface area contributed by atoms with Gasteiger partial charge in [-0.2, -0.15) is 5.10 Å². The van der Waals surface area contributed by atoms with Crippen molar-refractivity contribution in [1.82, 2.24) is 15.1 Å². The lowest BCUT2D eigenvalue weighted by molar-refractivity contribution is -0.139. The monoisotopic (exact) mass is 472 g/mol. The maximum Gasteiger partial charge on any atom is 0.412 e. The number of carbonyl (C=O) groups is 3. The van der Waals surface area contributed by atoms with Crippen molar-refractivity contribution in [2.75, 3.05) is 11.9 Å². The van der Waals surface area contributed by atoms with Gasteiger partial charge < -0.3 is 15.2 Å². The molecule has 1 aliphatic rings. The average molecular weight is 473 g/mol. The molecule has 3 aromatic rings. The first-order chi connectivity index (χ1) is 16.9. The number of hydrogen-bond donors (Lipinski definition) is 3. The molecule has 1 heterocycles. The molecule has 4 rings (SSSR count). The molecule has 0 saturated carbocycles. The van der Waals surface area contributed by atoms with E-state index in [0.29, 0.717) is 0 Å². The molecule has 0 fully saturated rings. The molecule has 1 atom stereocenters. The number of hydrogen-bond acceptors (Lipinski definition) is 5. The Morgan fingerprint density at radius 3 is 2.34 bits per heavy atom. The number of ether oxygens (including phenoxy) is 1. The van der Waals surface area contributed by atoms with Gasteiger partial charge >= 0.3 is 12.1 Å². The summed E-state index contributed by atoms with van der Waals surface area (Å²) < 4.78 is 6.86. The first kappa shape index (κ1) is 23.6. The van der Waals surface area contributed by atoms with Crippen LogP contribution in [0.1, 0.15) is 40.7 Å². The number of carbonyl (C=O) groups excluding carboxylic acids is 2. The molecule has 2 amide bonds. The fourth-order valence-corrected chi connectivity index (χ4v) is 4.12. The summed E-state index contributed by atoms with van der Waals surface area (Å²) in [6.07, 6.45) is 0.567. The summed E-state index contributed by atoms with van der Waals surface area (Å²) in [5.41, 5.74) is 4.39. The minimum atomic E-state index is -1.21. The van der Waals surface area contributed by atoms with Crippen molar-refractivity contribution in [1.29, 1.82) is 0 Å². The van der Waals surface area contributed by atoms with Crippen molar-refractivity contribution < 1.29 is 24.2 Å². The highest BCUT2D eigenvalue weighted by molar-refractivity contribution is 6.02. The topological polar surface area (TPSA) is 123 Å². The van der Waals surface area contributed by atoms with E-state index < -0.39 is 24.0 Å². The first-order valence-electron chi connectivity index (χ1n) is 11.0. The van der Waals surface area contributed by atoms with Gasteiger partial charge in [-0.25, -0.2) is 9.59 Å². The van der Waals surface area contributed by atoms with Crippen LogP contribution in [-0.4, -0.2) is 45.5 Å². The predicted octanol–water partition coefficient (Wildman–Crippen LogP) is 3.38. The Hall–Kier alpha value is -4.58. The number of aromatic nitrogens is 2. The van der Waals surface area contributed by atoms with Crippen molar-refractivity contribution in [3.05, 3.63) is 71.4 Å². The SMILES string of the molecule is CC#CCC(NC(=O)c1cn(C)nc1NC(=O)OCC1c2ccccc2-c2ccccc21)C(=O)O. The summed E-state index contributed by atoms with van der Waals surface area (Å²) in [5, 5.41) is 18.3. The summed E-state index contributed by atoms with van der Waals surface area (Å²) in [4.78, 5) is 36.8. The van der Waals surface area contributed by atoms with Gasteiger partial charge in [-0.1, -0.05) is 48.5 Å². The van der Waals surface area contributed by atoms with Crippen LogP contribution in [0.25, 0.3) is 11.1 Å². The highest BCUT2D eigenvalue weighted by Crippen LogP contribution is 2.44. The van der Waals surface area contributed by atoms with E-state index >= 15 is 0 Å². The molecule has 1 aliphatic carbocycles. The van der Waals surface area contributed by atoms with Gasteiger partial charge in [0.1, 0.15) is 18.2 Å². The molecule has 0 aliphatic heterocycles. The fraction of sp³-hybridized carbons (Fsp3) is 0.231. The van der Waals surface area contributed by atoms with Crippen molar-refractivity contribution in [2.24, 2.45) is 7.05 Å². The molecule has 1 unspecified atom stereocenters. The van der Waals surface area contributed by atoms with Crippen LogP contribution < -0.4 is 10.6 Å². The van der Waals surface area contributed by atoms with Gasteiger partial charge in [-0.15, -0.1) is 11.8 Å². The molecule has 0 bridgehead atoms. The van der Waals surface area contributed by atoms with E-state index in [2.05, 4.69) is 27.6 Å². The molecule has 9 nitrogen and oxygen atoms in total. The summed E-state index contributed by atoms with van der Waals surface area (Å²) in [5.74, 6) is 3.18. The summed E-state index contributed by atoms with van der Waals surface area (Å²) in [6.45, 7) is 1.68. The van der Waals surface area contributed by atoms with E-state index in [4.69, 9.17) is 4.74 Å². The number of carboxylic acids is 1. The minimum Gasteiger partial charge on any atom is -0.480 e. The molecule has 0 spiro atoms. The molecule has 0 radical (unpaired) electrons. The predicted molar refractivity (Wildman–Crippen MR) is 129 cm³/mol. The number of aliphatic carboxylic acids is 1. The Bertz CT molecular complexity index is 1310. The number of fused-ring (bicyclic) bond motifs is 3. The Morgan fingerprint density at radius 1 is 1.11 bits per heavy atom. The van der Waals surface area contributed by atoms with E-state index in [0.717, 1.165) is 22.3 Å². The fourth-order valence-electron chi connectivity index (χ4n) is 4.12. The van der Waals surface area contributed by atoms with E-state index in [1.165, 1.54) is 10.9 Å². The lowest BCUT2D eigenvalue weighted by Gasteiger charge is -2.15. The number of benzene rings is 2. The van der Waals surface area contributed by atoms with Gasteiger partial charge in [0.2, 0.25) is 0 Å². The minimum absolute atomic E-state index is 0.0108. The number of nitrogens with zero attached hydrogens (tertiary/aromatic N) is 2. The van der Waals surface area contributed by atoms with Crippen LogP contribution in [0.4, 0.5) is 10.6 Å². The third-order valence-corrected chi connectivity index (χ3v) is 5.72. The average Bonchev–Trinajstić information content (AvgIpc) is 3.37. The van der Waals surface area contributed by atoms with Crippen molar-refractivity contribution in [3.63, 3.8) is 0 Å². The van der Waals surface area contributed by atoms with Crippen LogP contribution in [0.5, 0.6) is 0 Å². The Labute approximate surface area is 202 Å². The zero-order chi connectivity index (χ0) is 24.9. The summed E-state index contributed by atoms with van der Waals surface area (Å²) in [6, 6.07) is 14.8. The molecule has 178 valence electrons. The second kappa shape index (κ2) is 10.1. The Morgan fingerprint density at radius 2 is 1.74 bits per heavy atom. The van der Waals surface area contributed by atoms with E-state index in [-0.39, 0.29) is 30.3 Å². The zero-order valence-electron chi connectivity index (χ0n) is 19.2. The maximum atomic E-state index is 12.7. The van der Waals surface area contributed by atoms with Crippen molar-refractivity contribution in [3.8, 4) is 23.0 Å². The molecule has 2 aromatic carbocycles. The lowest BCUT2D eigenvalue weighted by atomic mass is 9.98. The van der Waals surface area contributed by atoms with Crippen LogP contribution in [0.3, 0.4) is 0 Å².